The Hall–Kier alpha value is -2.44. The summed E-state index contributed by atoms with van der Waals surface area (Å²) < 4.78 is 18.5. The van der Waals surface area contributed by atoms with E-state index in [0.717, 1.165) is 17.5 Å². The van der Waals surface area contributed by atoms with E-state index in [4.69, 9.17) is 16.3 Å². The molecule has 2 unspecified atom stereocenters. The zero-order valence-corrected chi connectivity index (χ0v) is 16.3. The molecule has 2 aromatic carbocycles. The number of halogens is 2. The lowest BCUT2D eigenvalue weighted by Crippen LogP contribution is -2.53. The van der Waals surface area contributed by atoms with Crippen molar-refractivity contribution in [3.63, 3.8) is 0 Å². The van der Waals surface area contributed by atoms with Gasteiger partial charge in [-0.2, -0.15) is 0 Å². The molecule has 7 heteroatoms. The summed E-state index contributed by atoms with van der Waals surface area (Å²) in [5.74, 6) is -0.711. The number of hydrogen-bond acceptors (Lipinski definition) is 3. The Labute approximate surface area is 168 Å². The maximum Gasteiger partial charge on any atom is 0.251 e. The fourth-order valence-electron chi connectivity index (χ4n) is 3.25. The average Bonchev–Trinajstić information content (AvgIpc) is 2.69. The van der Waals surface area contributed by atoms with Gasteiger partial charge in [0.15, 0.2) is 6.10 Å². The Morgan fingerprint density at radius 1 is 1.21 bits per heavy atom. The van der Waals surface area contributed by atoms with Gasteiger partial charge in [0, 0.05) is 18.6 Å². The Morgan fingerprint density at radius 2 is 1.89 bits per heavy atom. The minimum Gasteiger partial charge on any atom is -0.356 e. The quantitative estimate of drug-likeness (QED) is 0.752. The van der Waals surface area contributed by atoms with Crippen molar-refractivity contribution in [1.29, 1.82) is 0 Å². The van der Waals surface area contributed by atoms with Gasteiger partial charge in [-0.25, -0.2) is 4.39 Å². The van der Waals surface area contributed by atoms with Gasteiger partial charge in [0.2, 0.25) is 5.91 Å². The largest absolute Gasteiger partial charge is 0.356 e. The molecule has 0 spiro atoms. The molecule has 1 saturated heterocycles. The Morgan fingerprint density at radius 3 is 2.57 bits per heavy atom. The Bertz CT molecular complexity index is 827. The molecule has 2 atom stereocenters. The molecule has 28 heavy (non-hydrogen) atoms. The van der Waals surface area contributed by atoms with E-state index in [1.165, 1.54) is 17.0 Å². The molecule has 2 aromatic rings. The van der Waals surface area contributed by atoms with Crippen molar-refractivity contribution in [3.8, 4) is 0 Å². The summed E-state index contributed by atoms with van der Waals surface area (Å²) in [7, 11) is 1.67. The first-order valence-electron chi connectivity index (χ1n) is 9.10. The molecule has 148 valence electrons. The van der Waals surface area contributed by atoms with Gasteiger partial charge in [0.25, 0.3) is 5.91 Å². The first-order valence-corrected chi connectivity index (χ1v) is 9.48. The number of hydrogen-bond donors (Lipinski definition) is 1. The summed E-state index contributed by atoms with van der Waals surface area (Å²) in [6, 6.07) is 12.8. The Kier molecular flexibility index (Phi) is 6.65. The smallest absolute Gasteiger partial charge is 0.251 e. The second-order valence-electron chi connectivity index (χ2n) is 6.75. The van der Waals surface area contributed by atoms with Gasteiger partial charge in [-0.1, -0.05) is 35.9 Å². The fraction of sp³-hybridized carbons (Fsp3) is 0.333. The van der Waals surface area contributed by atoms with Crippen LogP contribution in [0.5, 0.6) is 0 Å². The highest BCUT2D eigenvalue weighted by Crippen LogP contribution is 2.30. The number of likely N-dealkylation sites (N-methyl/N-ethyl adjacent to an activating group) is 1. The molecule has 0 aromatic heterocycles. The van der Waals surface area contributed by atoms with Crippen LogP contribution in [0.2, 0.25) is 5.02 Å². The number of morpholine rings is 1. The van der Waals surface area contributed by atoms with Gasteiger partial charge in [-0.05, 0) is 48.2 Å². The van der Waals surface area contributed by atoms with E-state index in [1.807, 2.05) is 0 Å². The molecule has 0 saturated carbocycles. The van der Waals surface area contributed by atoms with Crippen molar-refractivity contribution in [2.45, 2.75) is 25.0 Å². The molecular weight excluding hydrogens is 383 g/mol. The molecule has 1 heterocycles. The molecule has 1 N–H and O–H groups in total. The van der Waals surface area contributed by atoms with Crippen molar-refractivity contribution >= 4 is 23.4 Å². The first-order chi connectivity index (χ1) is 13.5. The van der Waals surface area contributed by atoms with Crippen LogP contribution >= 0.6 is 11.6 Å². The Balaban J connectivity index is 1.60. The maximum atomic E-state index is 12.9. The van der Waals surface area contributed by atoms with Crippen LogP contribution in [0.4, 0.5) is 4.39 Å². The maximum absolute atomic E-state index is 12.9. The normalized spacial score (nSPS) is 19.5. The number of amides is 2. The van der Waals surface area contributed by atoms with E-state index >= 15 is 0 Å². The van der Waals surface area contributed by atoms with E-state index in [9.17, 15) is 14.0 Å². The molecule has 2 amide bonds. The zero-order valence-electron chi connectivity index (χ0n) is 15.5. The third kappa shape index (κ3) is 4.88. The van der Waals surface area contributed by atoms with Gasteiger partial charge >= 0.3 is 0 Å². The number of ether oxygens (including phenoxy) is 1. The highest BCUT2D eigenvalue weighted by molar-refractivity contribution is 6.30. The van der Waals surface area contributed by atoms with Crippen molar-refractivity contribution < 1.29 is 18.7 Å². The number of nitrogens with one attached hydrogen (secondary N) is 1. The summed E-state index contributed by atoms with van der Waals surface area (Å²) >= 11 is 5.95. The van der Waals surface area contributed by atoms with Crippen molar-refractivity contribution in [1.82, 2.24) is 10.2 Å². The fourth-order valence-corrected chi connectivity index (χ4v) is 3.37. The van der Waals surface area contributed by atoms with Gasteiger partial charge in [0.05, 0.1) is 6.04 Å². The molecule has 5 nitrogen and oxygen atoms in total. The molecule has 0 bridgehead atoms. The summed E-state index contributed by atoms with van der Waals surface area (Å²) in [6.07, 6.45) is 0.643. The number of aryl methyl sites for hydroxylation is 1. The summed E-state index contributed by atoms with van der Waals surface area (Å²) in [6.45, 7) is 0.329. The van der Waals surface area contributed by atoms with Crippen LogP contribution in [-0.2, 0) is 20.7 Å². The van der Waals surface area contributed by atoms with E-state index < -0.39 is 12.1 Å². The van der Waals surface area contributed by atoms with Gasteiger partial charge in [-0.3, -0.25) is 9.59 Å². The van der Waals surface area contributed by atoms with Gasteiger partial charge in [0.1, 0.15) is 12.4 Å². The lowest BCUT2D eigenvalue weighted by molar-refractivity contribution is -0.162. The van der Waals surface area contributed by atoms with E-state index in [0.29, 0.717) is 18.0 Å². The van der Waals surface area contributed by atoms with Crippen molar-refractivity contribution in [3.05, 3.63) is 70.5 Å². The predicted octanol–water partition coefficient (Wildman–Crippen LogP) is 3.13. The minimum atomic E-state index is -0.797. The van der Waals surface area contributed by atoms with Crippen molar-refractivity contribution in [2.24, 2.45) is 0 Å². The van der Waals surface area contributed by atoms with E-state index in [1.54, 1.807) is 43.4 Å². The summed E-state index contributed by atoms with van der Waals surface area (Å²) in [5.41, 5.74) is 1.79. The van der Waals surface area contributed by atoms with Gasteiger partial charge < -0.3 is 15.0 Å². The standard InChI is InChI=1S/C21H22ClFN2O3/c1-25-18(26)13-28-20(19(25)15-6-8-16(22)9-7-15)21(27)24-12-2-3-14-4-10-17(23)11-5-14/h4-11,19-20H,2-3,12-13H2,1H3,(H,24,27). The van der Waals surface area contributed by atoms with E-state index in [-0.39, 0.29) is 24.2 Å². The van der Waals surface area contributed by atoms with Crippen LogP contribution in [0.15, 0.2) is 48.5 Å². The lowest BCUT2D eigenvalue weighted by atomic mass is 9.97. The van der Waals surface area contributed by atoms with E-state index in [2.05, 4.69) is 5.32 Å². The zero-order chi connectivity index (χ0) is 20.1. The van der Waals surface area contributed by atoms with Gasteiger partial charge in [-0.15, -0.1) is 0 Å². The first kappa shape index (κ1) is 20.3. The summed E-state index contributed by atoms with van der Waals surface area (Å²) in [5, 5.41) is 3.46. The third-order valence-corrected chi connectivity index (χ3v) is 5.06. The highest BCUT2D eigenvalue weighted by Gasteiger charge is 2.39. The van der Waals surface area contributed by atoms with Crippen LogP contribution in [0, 0.1) is 5.82 Å². The second kappa shape index (κ2) is 9.17. The molecule has 0 radical (unpaired) electrons. The topological polar surface area (TPSA) is 58.6 Å². The molecular formula is C21H22ClFN2O3. The lowest BCUT2D eigenvalue weighted by Gasteiger charge is -2.38. The highest BCUT2D eigenvalue weighted by atomic mass is 35.5. The van der Waals surface area contributed by atoms with Crippen LogP contribution in [0.3, 0.4) is 0 Å². The SMILES string of the molecule is CN1C(=O)COC(C(=O)NCCCc2ccc(F)cc2)C1c1ccc(Cl)cc1. The summed E-state index contributed by atoms with van der Waals surface area (Å²) in [4.78, 5) is 26.3. The molecule has 0 aliphatic carbocycles. The molecule has 1 fully saturated rings. The third-order valence-electron chi connectivity index (χ3n) is 4.81. The van der Waals surface area contributed by atoms with Crippen LogP contribution < -0.4 is 5.32 Å². The number of nitrogens with zero attached hydrogens (tertiary/aromatic N) is 1. The molecule has 1 aliphatic heterocycles. The van der Waals surface area contributed by atoms with Crippen LogP contribution in [-0.4, -0.2) is 43.0 Å². The number of carbonyl (C=O) groups excluding carboxylic acids is 2. The minimum absolute atomic E-state index is 0.131. The molecule has 3 rings (SSSR count). The number of benzene rings is 2. The number of rotatable bonds is 6. The monoisotopic (exact) mass is 404 g/mol. The predicted molar refractivity (Wildman–Crippen MR) is 104 cm³/mol. The number of carbonyl (C=O) groups is 2. The van der Waals surface area contributed by atoms with Crippen LogP contribution in [0.1, 0.15) is 23.6 Å². The van der Waals surface area contributed by atoms with Crippen LogP contribution in [0.25, 0.3) is 0 Å². The average molecular weight is 405 g/mol. The van der Waals surface area contributed by atoms with Crippen molar-refractivity contribution in [2.75, 3.05) is 20.2 Å². The second-order valence-corrected chi connectivity index (χ2v) is 7.19. The molecule has 1 aliphatic rings.